The Morgan fingerprint density at radius 1 is 1.41 bits per heavy atom. The fourth-order valence-electron chi connectivity index (χ4n) is 4.15. The Hall–Kier alpha value is -1.67. The summed E-state index contributed by atoms with van der Waals surface area (Å²) in [5.74, 6) is -0.236. The van der Waals surface area contributed by atoms with Crippen LogP contribution in [0, 0.1) is 11.3 Å². The van der Waals surface area contributed by atoms with Crippen molar-refractivity contribution in [1.29, 1.82) is 0 Å². The van der Waals surface area contributed by atoms with Gasteiger partial charge in [-0.15, -0.1) is 0 Å². The molecule has 2 aliphatic rings. The normalized spacial score (nSPS) is 26.7. The van der Waals surface area contributed by atoms with E-state index in [0.717, 1.165) is 13.0 Å². The van der Waals surface area contributed by atoms with Crippen LogP contribution >= 0.6 is 0 Å². The molecule has 8 heteroatoms. The first-order valence-corrected chi connectivity index (χ1v) is 9.78. The van der Waals surface area contributed by atoms with E-state index in [0.29, 0.717) is 26.1 Å². The number of nitrogens with zero attached hydrogens (tertiary/aromatic N) is 2. The van der Waals surface area contributed by atoms with Crippen LogP contribution in [-0.2, 0) is 19.1 Å². The summed E-state index contributed by atoms with van der Waals surface area (Å²) in [6.07, 6.45) is 1.48. The first-order valence-electron chi connectivity index (χ1n) is 9.78. The molecule has 3 amide bonds. The summed E-state index contributed by atoms with van der Waals surface area (Å²) >= 11 is 0. The number of nitrogens with two attached hydrogens (primary N) is 1. The zero-order valence-corrected chi connectivity index (χ0v) is 17.2. The number of rotatable bonds is 7. The van der Waals surface area contributed by atoms with E-state index in [1.807, 2.05) is 20.9 Å². The van der Waals surface area contributed by atoms with Crippen molar-refractivity contribution in [2.45, 2.75) is 52.1 Å². The van der Waals surface area contributed by atoms with Crippen molar-refractivity contribution in [2.75, 3.05) is 39.9 Å². The van der Waals surface area contributed by atoms with Gasteiger partial charge in [-0.05, 0) is 39.5 Å². The number of carbonyl (C=O) groups is 3. The van der Waals surface area contributed by atoms with Crippen molar-refractivity contribution in [3.63, 3.8) is 0 Å². The lowest BCUT2D eigenvalue weighted by molar-refractivity contribution is -0.147. The molecule has 0 spiro atoms. The number of hydrogen-bond acceptors (Lipinski definition) is 5. The number of likely N-dealkylation sites (tertiary alicyclic amines) is 2. The van der Waals surface area contributed by atoms with Gasteiger partial charge in [0, 0.05) is 33.3 Å². The van der Waals surface area contributed by atoms with E-state index in [-0.39, 0.29) is 24.3 Å². The number of amides is 3. The summed E-state index contributed by atoms with van der Waals surface area (Å²) in [6, 6.07) is -0.806. The third-order valence-corrected chi connectivity index (χ3v) is 5.89. The van der Waals surface area contributed by atoms with Gasteiger partial charge in [0.05, 0.1) is 17.6 Å². The van der Waals surface area contributed by atoms with Crippen LogP contribution in [0.15, 0.2) is 0 Å². The van der Waals surface area contributed by atoms with Crippen LogP contribution in [0.4, 0.5) is 0 Å². The maximum Gasteiger partial charge on any atom is 0.247 e. The molecule has 0 radical (unpaired) electrons. The standard InChI is InChI=1S/C19H34N4O4/c1-6-19-12-23(9-8-13(19)10-22(5)17(19)26)15(24)14(11-27-7-2)21-16(25)18(3,4)20/h13-14H,6-12,20H2,1-5H3,(H,21,25)/t13-,14+,19+/m0/s1. The largest absolute Gasteiger partial charge is 0.379 e. The van der Waals surface area contributed by atoms with Crippen LogP contribution in [0.1, 0.15) is 40.5 Å². The van der Waals surface area contributed by atoms with Crippen molar-refractivity contribution in [2.24, 2.45) is 17.1 Å². The zero-order valence-electron chi connectivity index (χ0n) is 17.2. The minimum absolute atomic E-state index is 0.0874. The van der Waals surface area contributed by atoms with E-state index >= 15 is 0 Å². The van der Waals surface area contributed by atoms with E-state index in [1.54, 1.807) is 23.6 Å². The van der Waals surface area contributed by atoms with E-state index in [4.69, 9.17) is 10.5 Å². The zero-order chi connectivity index (χ0) is 20.4. The lowest BCUT2D eigenvalue weighted by Crippen LogP contribution is -2.60. The predicted molar refractivity (Wildman–Crippen MR) is 102 cm³/mol. The number of carbonyl (C=O) groups excluding carboxylic acids is 3. The highest BCUT2D eigenvalue weighted by Gasteiger charge is 2.55. The molecule has 0 aromatic carbocycles. The van der Waals surface area contributed by atoms with Crippen LogP contribution in [0.3, 0.4) is 0 Å². The molecular formula is C19H34N4O4. The second kappa shape index (κ2) is 8.14. The fraction of sp³-hybridized carbons (Fsp3) is 0.842. The first-order chi connectivity index (χ1) is 12.6. The Balaban J connectivity index is 2.17. The number of fused-ring (bicyclic) bond motifs is 1. The average molecular weight is 383 g/mol. The molecule has 2 saturated heterocycles. The van der Waals surface area contributed by atoms with Gasteiger partial charge in [-0.25, -0.2) is 0 Å². The maximum atomic E-state index is 13.2. The van der Waals surface area contributed by atoms with Crippen LogP contribution < -0.4 is 11.1 Å². The summed E-state index contributed by atoms with van der Waals surface area (Å²) in [5, 5.41) is 2.72. The third-order valence-electron chi connectivity index (χ3n) is 5.89. The predicted octanol–water partition coefficient (Wildman–Crippen LogP) is -0.0381. The molecule has 3 N–H and O–H groups in total. The monoisotopic (exact) mass is 382 g/mol. The molecule has 0 saturated carbocycles. The molecule has 2 heterocycles. The summed E-state index contributed by atoms with van der Waals surface area (Å²) in [5.41, 5.74) is 4.24. The molecule has 0 bridgehead atoms. The molecule has 8 nitrogen and oxygen atoms in total. The topological polar surface area (TPSA) is 105 Å². The Morgan fingerprint density at radius 3 is 2.63 bits per heavy atom. The Bertz CT molecular complexity index is 589. The van der Waals surface area contributed by atoms with Gasteiger partial charge in [-0.1, -0.05) is 6.92 Å². The van der Waals surface area contributed by atoms with Crippen molar-refractivity contribution < 1.29 is 19.1 Å². The Morgan fingerprint density at radius 2 is 2.07 bits per heavy atom. The van der Waals surface area contributed by atoms with Crippen LogP contribution in [0.25, 0.3) is 0 Å². The second-order valence-electron chi connectivity index (χ2n) is 8.35. The van der Waals surface area contributed by atoms with Crippen LogP contribution in [-0.4, -0.2) is 79.0 Å². The first kappa shape index (κ1) is 21.6. The van der Waals surface area contributed by atoms with E-state index in [2.05, 4.69) is 5.32 Å². The number of piperidine rings is 1. The van der Waals surface area contributed by atoms with Gasteiger partial charge in [0.1, 0.15) is 6.04 Å². The SMILES string of the molecule is CCOC[C@@H](NC(=O)C(C)(C)N)C(=O)N1CC[C@H]2CN(C)C(=O)[C@]2(CC)C1. The number of hydrogen-bond donors (Lipinski definition) is 2. The molecule has 27 heavy (non-hydrogen) atoms. The van der Waals surface area contributed by atoms with Gasteiger partial charge in [0.15, 0.2) is 0 Å². The highest BCUT2D eigenvalue weighted by atomic mass is 16.5. The third kappa shape index (κ3) is 4.27. The van der Waals surface area contributed by atoms with Gasteiger partial charge in [-0.2, -0.15) is 0 Å². The van der Waals surface area contributed by atoms with Gasteiger partial charge in [-0.3, -0.25) is 14.4 Å². The molecule has 2 rings (SSSR count). The molecule has 2 fully saturated rings. The minimum Gasteiger partial charge on any atom is -0.379 e. The molecule has 0 aromatic heterocycles. The quantitative estimate of drug-likeness (QED) is 0.643. The summed E-state index contributed by atoms with van der Waals surface area (Å²) < 4.78 is 5.42. The smallest absolute Gasteiger partial charge is 0.247 e. The lowest BCUT2D eigenvalue weighted by Gasteiger charge is -2.43. The molecule has 154 valence electrons. The van der Waals surface area contributed by atoms with E-state index in [1.165, 1.54) is 0 Å². The maximum absolute atomic E-state index is 13.2. The number of ether oxygens (including phenoxy) is 1. The summed E-state index contributed by atoms with van der Waals surface area (Å²) in [7, 11) is 1.83. The average Bonchev–Trinajstić information content (AvgIpc) is 2.87. The Kier molecular flexibility index (Phi) is 6.52. The molecule has 0 aliphatic carbocycles. The summed E-state index contributed by atoms with van der Waals surface area (Å²) in [4.78, 5) is 41.7. The van der Waals surface area contributed by atoms with Crippen molar-refractivity contribution in [1.82, 2.24) is 15.1 Å². The van der Waals surface area contributed by atoms with Gasteiger partial charge in [0.25, 0.3) is 0 Å². The van der Waals surface area contributed by atoms with E-state index < -0.39 is 22.9 Å². The highest BCUT2D eigenvalue weighted by molar-refractivity contribution is 5.92. The van der Waals surface area contributed by atoms with Gasteiger partial charge >= 0.3 is 0 Å². The lowest BCUT2D eigenvalue weighted by atomic mass is 9.71. The molecule has 3 atom stereocenters. The Labute approximate surface area is 161 Å². The molecule has 0 aromatic rings. The van der Waals surface area contributed by atoms with Gasteiger partial charge < -0.3 is 25.6 Å². The highest BCUT2D eigenvalue weighted by Crippen LogP contribution is 2.45. The number of nitrogens with one attached hydrogen (secondary N) is 1. The molecular weight excluding hydrogens is 348 g/mol. The van der Waals surface area contributed by atoms with E-state index in [9.17, 15) is 14.4 Å². The second-order valence-corrected chi connectivity index (χ2v) is 8.35. The van der Waals surface area contributed by atoms with Gasteiger partial charge in [0.2, 0.25) is 17.7 Å². The molecule has 0 unspecified atom stereocenters. The van der Waals surface area contributed by atoms with Crippen molar-refractivity contribution in [3.05, 3.63) is 0 Å². The summed E-state index contributed by atoms with van der Waals surface area (Å²) in [6.45, 7) is 9.27. The van der Waals surface area contributed by atoms with Crippen LogP contribution in [0.5, 0.6) is 0 Å². The van der Waals surface area contributed by atoms with Crippen molar-refractivity contribution in [3.8, 4) is 0 Å². The fourth-order valence-corrected chi connectivity index (χ4v) is 4.15. The van der Waals surface area contributed by atoms with Crippen molar-refractivity contribution >= 4 is 17.7 Å². The minimum atomic E-state index is -1.09. The van der Waals surface area contributed by atoms with Crippen LogP contribution in [0.2, 0.25) is 0 Å². The molecule has 2 aliphatic heterocycles.